The van der Waals surface area contributed by atoms with Crippen molar-refractivity contribution in [3.05, 3.63) is 71.8 Å². The van der Waals surface area contributed by atoms with Gasteiger partial charge in [-0.2, -0.15) is 0 Å². The van der Waals surface area contributed by atoms with Gasteiger partial charge >= 0.3 is 0 Å². The average Bonchev–Trinajstić information content (AvgIpc) is 2.60. The maximum absolute atomic E-state index is 6.01. The van der Waals surface area contributed by atoms with Crippen molar-refractivity contribution in [3.8, 4) is 11.5 Å². The number of ether oxygens (including phenoxy) is 2. The van der Waals surface area contributed by atoms with Gasteiger partial charge in [0.15, 0.2) is 11.5 Å². The quantitative estimate of drug-likeness (QED) is 0.742. The normalized spacial score (nSPS) is 10.7. The monoisotopic (exact) mass is 307 g/mol. The van der Waals surface area contributed by atoms with Gasteiger partial charge in [-0.15, -0.1) is 0 Å². The van der Waals surface area contributed by atoms with E-state index in [1.54, 1.807) is 7.11 Å². The molecular weight excluding hydrogens is 286 g/mol. The molecule has 0 amide bonds. The maximum atomic E-state index is 6.01. The number of nitrogens with one attached hydrogen (secondary N) is 1. The minimum atomic E-state index is 0.517. The van der Waals surface area contributed by atoms with Crippen LogP contribution in [-0.2, 0) is 13.2 Å². The molecule has 0 heterocycles. The van der Waals surface area contributed by atoms with Gasteiger partial charge in [-0.05, 0) is 41.1 Å². The molecule has 3 rings (SSSR count). The summed E-state index contributed by atoms with van der Waals surface area (Å²) in [4.78, 5) is 0. The third-order valence-electron chi connectivity index (χ3n) is 3.87. The number of hydrogen-bond donors (Lipinski definition) is 1. The summed E-state index contributed by atoms with van der Waals surface area (Å²) >= 11 is 0. The lowest BCUT2D eigenvalue weighted by molar-refractivity contribution is 0.285. The van der Waals surface area contributed by atoms with Gasteiger partial charge in [-0.1, -0.05) is 48.5 Å². The molecule has 0 aliphatic carbocycles. The first-order chi connectivity index (χ1) is 11.3. The highest BCUT2D eigenvalue weighted by atomic mass is 16.5. The van der Waals surface area contributed by atoms with E-state index >= 15 is 0 Å². The zero-order valence-electron chi connectivity index (χ0n) is 13.5. The summed E-state index contributed by atoms with van der Waals surface area (Å²) in [5.74, 6) is 1.53. The molecule has 3 nitrogen and oxygen atoms in total. The molecule has 0 aliphatic heterocycles. The molecule has 0 spiro atoms. The average molecular weight is 307 g/mol. The molecule has 0 radical (unpaired) electrons. The van der Waals surface area contributed by atoms with E-state index < -0.39 is 0 Å². The molecule has 0 aliphatic rings. The first kappa shape index (κ1) is 15.4. The molecular formula is C20H21NO2. The van der Waals surface area contributed by atoms with Crippen molar-refractivity contribution >= 4 is 10.8 Å². The highest BCUT2D eigenvalue weighted by Crippen LogP contribution is 2.29. The highest BCUT2D eigenvalue weighted by molar-refractivity contribution is 5.85. The summed E-state index contributed by atoms with van der Waals surface area (Å²) in [5, 5.41) is 5.59. The zero-order chi connectivity index (χ0) is 16.1. The minimum absolute atomic E-state index is 0.517. The van der Waals surface area contributed by atoms with Crippen molar-refractivity contribution in [2.24, 2.45) is 0 Å². The van der Waals surface area contributed by atoms with Gasteiger partial charge in [0.05, 0.1) is 7.11 Å². The Bertz CT molecular complexity index is 793. The predicted molar refractivity (Wildman–Crippen MR) is 94.0 cm³/mol. The second kappa shape index (κ2) is 7.16. The van der Waals surface area contributed by atoms with Crippen LogP contribution < -0.4 is 14.8 Å². The predicted octanol–water partition coefficient (Wildman–Crippen LogP) is 4.15. The first-order valence-corrected chi connectivity index (χ1v) is 7.73. The molecule has 0 fully saturated rings. The Morgan fingerprint density at radius 2 is 1.74 bits per heavy atom. The second-order valence-corrected chi connectivity index (χ2v) is 5.44. The van der Waals surface area contributed by atoms with Crippen molar-refractivity contribution in [2.75, 3.05) is 14.2 Å². The molecule has 3 aromatic carbocycles. The van der Waals surface area contributed by atoms with Crippen LogP contribution in [0.4, 0.5) is 0 Å². The molecule has 1 N–H and O–H groups in total. The van der Waals surface area contributed by atoms with E-state index in [9.17, 15) is 0 Å². The van der Waals surface area contributed by atoms with Crippen LogP contribution in [0.2, 0.25) is 0 Å². The summed E-state index contributed by atoms with van der Waals surface area (Å²) in [5.41, 5.74) is 2.34. The van der Waals surface area contributed by atoms with E-state index in [0.717, 1.165) is 18.0 Å². The molecule has 0 saturated carbocycles. The van der Waals surface area contributed by atoms with Crippen LogP contribution in [0.3, 0.4) is 0 Å². The largest absolute Gasteiger partial charge is 0.493 e. The lowest BCUT2D eigenvalue weighted by Gasteiger charge is -2.13. The molecule has 23 heavy (non-hydrogen) atoms. The summed E-state index contributed by atoms with van der Waals surface area (Å²) < 4.78 is 11.5. The Balaban J connectivity index is 1.82. The highest BCUT2D eigenvalue weighted by Gasteiger charge is 2.07. The van der Waals surface area contributed by atoms with Gasteiger partial charge in [0, 0.05) is 6.54 Å². The lowest BCUT2D eigenvalue weighted by Crippen LogP contribution is -2.05. The van der Waals surface area contributed by atoms with Crippen molar-refractivity contribution in [1.82, 2.24) is 5.32 Å². The molecule has 118 valence electrons. The fraction of sp³-hybridized carbons (Fsp3) is 0.200. The Morgan fingerprint density at radius 1 is 0.913 bits per heavy atom. The van der Waals surface area contributed by atoms with Crippen LogP contribution in [0.25, 0.3) is 10.8 Å². The number of rotatable bonds is 6. The molecule has 0 unspecified atom stereocenters. The first-order valence-electron chi connectivity index (χ1n) is 7.73. The Hall–Kier alpha value is -2.52. The Morgan fingerprint density at radius 3 is 2.57 bits per heavy atom. The van der Waals surface area contributed by atoms with Gasteiger partial charge in [0.1, 0.15) is 6.61 Å². The van der Waals surface area contributed by atoms with Crippen LogP contribution in [0.1, 0.15) is 11.1 Å². The summed E-state index contributed by atoms with van der Waals surface area (Å²) in [6.07, 6.45) is 0. The van der Waals surface area contributed by atoms with Crippen LogP contribution in [0, 0.1) is 0 Å². The molecule has 0 atom stereocenters. The van der Waals surface area contributed by atoms with Crippen LogP contribution in [0.5, 0.6) is 11.5 Å². The van der Waals surface area contributed by atoms with Crippen LogP contribution in [0.15, 0.2) is 60.7 Å². The Kier molecular flexibility index (Phi) is 4.79. The van der Waals surface area contributed by atoms with Crippen LogP contribution >= 0.6 is 0 Å². The van der Waals surface area contributed by atoms with Gasteiger partial charge in [0.2, 0.25) is 0 Å². The number of benzene rings is 3. The number of hydrogen-bond acceptors (Lipinski definition) is 3. The third-order valence-corrected chi connectivity index (χ3v) is 3.87. The number of fused-ring (bicyclic) bond motifs is 1. The fourth-order valence-electron chi connectivity index (χ4n) is 2.72. The van der Waals surface area contributed by atoms with Crippen molar-refractivity contribution in [3.63, 3.8) is 0 Å². The van der Waals surface area contributed by atoms with E-state index in [1.807, 2.05) is 19.2 Å². The summed E-state index contributed by atoms with van der Waals surface area (Å²) in [6.45, 7) is 1.32. The van der Waals surface area contributed by atoms with E-state index in [-0.39, 0.29) is 0 Å². The lowest BCUT2D eigenvalue weighted by atomic mass is 10.1. The van der Waals surface area contributed by atoms with Crippen molar-refractivity contribution in [2.45, 2.75) is 13.2 Å². The van der Waals surface area contributed by atoms with Crippen LogP contribution in [-0.4, -0.2) is 14.2 Å². The van der Waals surface area contributed by atoms with Gasteiger partial charge in [-0.25, -0.2) is 0 Å². The molecule has 0 bridgehead atoms. The molecule has 0 aromatic heterocycles. The standard InChI is InChI=1S/C20H21NO2/c1-21-13-15-10-11-19(20(12-15)22-2)23-14-17-8-5-7-16-6-3-4-9-18(16)17/h3-12,21H,13-14H2,1-2H3. The van der Waals surface area contributed by atoms with E-state index in [1.165, 1.54) is 21.9 Å². The van der Waals surface area contributed by atoms with E-state index in [4.69, 9.17) is 9.47 Å². The molecule has 0 saturated heterocycles. The zero-order valence-corrected chi connectivity index (χ0v) is 13.5. The maximum Gasteiger partial charge on any atom is 0.161 e. The smallest absolute Gasteiger partial charge is 0.161 e. The van der Waals surface area contributed by atoms with Gasteiger partial charge in [0.25, 0.3) is 0 Å². The molecule has 3 heteroatoms. The fourth-order valence-corrected chi connectivity index (χ4v) is 2.72. The summed E-state index contributed by atoms with van der Waals surface area (Å²) in [6, 6.07) is 20.7. The molecule has 3 aromatic rings. The topological polar surface area (TPSA) is 30.5 Å². The van der Waals surface area contributed by atoms with Crippen molar-refractivity contribution < 1.29 is 9.47 Å². The SMILES string of the molecule is CNCc1ccc(OCc2cccc3ccccc23)c(OC)c1. The van der Waals surface area contributed by atoms with E-state index in [0.29, 0.717) is 6.61 Å². The van der Waals surface area contributed by atoms with Crippen molar-refractivity contribution in [1.29, 1.82) is 0 Å². The van der Waals surface area contributed by atoms with Gasteiger partial charge < -0.3 is 14.8 Å². The summed E-state index contributed by atoms with van der Waals surface area (Å²) in [7, 11) is 3.60. The minimum Gasteiger partial charge on any atom is -0.493 e. The van der Waals surface area contributed by atoms with E-state index in [2.05, 4.69) is 53.8 Å². The second-order valence-electron chi connectivity index (χ2n) is 5.44. The van der Waals surface area contributed by atoms with Gasteiger partial charge in [-0.3, -0.25) is 0 Å². The number of methoxy groups -OCH3 is 1. The Labute approximate surface area is 136 Å². The third kappa shape index (κ3) is 3.46.